The van der Waals surface area contributed by atoms with Crippen LogP contribution in [0.5, 0.6) is 0 Å². The molecule has 2 nitrogen and oxygen atoms in total. The number of benzene rings is 1. The minimum Gasteiger partial charge on any atom is -0.390 e. The zero-order chi connectivity index (χ0) is 14.2. The number of aliphatic hydroxyl groups is 1. The van der Waals surface area contributed by atoms with Crippen molar-refractivity contribution in [2.45, 2.75) is 58.1 Å². The molecule has 1 aromatic heterocycles. The molecule has 0 atom stereocenters. The molecular weight excluding hydrogens is 246 g/mol. The standard InChI is InChI=1S/C18H25NO/c1-18(2,20)12-15-7-8-16-9-10-19(17(16)11-15)13-14-5-3-4-6-14/h7-11,14,20H,3-6,12-13H2,1-2H3. The molecule has 2 heteroatoms. The van der Waals surface area contributed by atoms with Gasteiger partial charge in [0.2, 0.25) is 0 Å². The first-order valence-electron chi connectivity index (χ1n) is 7.81. The second-order valence-corrected chi connectivity index (χ2v) is 7.00. The Hall–Kier alpha value is -1.28. The van der Waals surface area contributed by atoms with Crippen LogP contribution in [0.1, 0.15) is 45.1 Å². The zero-order valence-corrected chi connectivity index (χ0v) is 12.6. The molecule has 0 radical (unpaired) electrons. The number of rotatable bonds is 4. The van der Waals surface area contributed by atoms with Crippen LogP contribution in [0.4, 0.5) is 0 Å². The van der Waals surface area contributed by atoms with E-state index in [9.17, 15) is 5.11 Å². The van der Waals surface area contributed by atoms with Crippen LogP contribution in [0.25, 0.3) is 10.9 Å². The van der Waals surface area contributed by atoms with E-state index < -0.39 is 5.60 Å². The molecule has 20 heavy (non-hydrogen) atoms. The lowest BCUT2D eigenvalue weighted by Gasteiger charge is -2.17. The molecule has 0 saturated heterocycles. The van der Waals surface area contributed by atoms with E-state index in [2.05, 4.69) is 35.0 Å². The van der Waals surface area contributed by atoms with Crippen LogP contribution in [0.15, 0.2) is 30.5 Å². The average Bonchev–Trinajstić information content (AvgIpc) is 2.98. The Kier molecular flexibility index (Phi) is 3.59. The van der Waals surface area contributed by atoms with E-state index in [1.165, 1.54) is 42.1 Å². The van der Waals surface area contributed by atoms with E-state index in [0.717, 1.165) is 12.5 Å². The Morgan fingerprint density at radius 2 is 1.95 bits per heavy atom. The molecule has 108 valence electrons. The fraction of sp³-hybridized carbons (Fsp3) is 0.556. The summed E-state index contributed by atoms with van der Waals surface area (Å²) in [7, 11) is 0. The molecule has 1 aromatic carbocycles. The minimum absolute atomic E-state index is 0.642. The first kappa shape index (κ1) is 13.7. The lowest BCUT2D eigenvalue weighted by atomic mass is 9.98. The molecule has 1 aliphatic carbocycles. The largest absolute Gasteiger partial charge is 0.390 e. The first-order chi connectivity index (χ1) is 9.51. The van der Waals surface area contributed by atoms with Gasteiger partial charge in [0.05, 0.1) is 5.60 Å². The molecule has 0 spiro atoms. The smallest absolute Gasteiger partial charge is 0.0631 e. The molecule has 0 aliphatic heterocycles. The van der Waals surface area contributed by atoms with Crippen molar-refractivity contribution in [3.63, 3.8) is 0 Å². The maximum absolute atomic E-state index is 9.99. The quantitative estimate of drug-likeness (QED) is 0.888. The van der Waals surface area contributed by atoms with Crippen LogP contribution in [0.2, 0.25) is 0 Å². The van der Waals surface area contributed by atoms with E-state index in [4.69, 9.17) is 0 Å². The fourth-order valence-electron chi connectivity index (χ4n) is 3.47. The highest BCUT2D eigenvalue weighted by atomic mass is 16.3. The monoisotopic (exact) mass is 271 g/mol. The van der Waals surface area contributed by atoms with Gasteiger partial charge in [0.25, 0.3) is 0 Å². The molecule has 1 N–H and O–H groups in total. The number of nitrogens with zero attached hydrogens (tertiary/aromatic N) is 1. The SMILES string of the molecule is CC(C)(O)Cc1ccc2ccn(CC3CCCC3)c2c1. The Morgan fingerprint density at radius 3 is 2.65 bits per heavy atom. The molecule has 0 unspecified atom stereocenters. The van der Waals surface area contributed by atoms with Gasteiger partial charge in [-0.2, -0.15) is 0 Å². The summed E-state index contributed by atoms with van der Waals surface area (Å²) in [6.07, 6.45) is 8.47. The third-order valence-electron chi connectivity index (χ3n) is 4.40. The third kappa shape index (κ3) is 3.06. The Morgan fingerprint density at radius 1 is 1.20 bits per heavy atom. The van der Waals surface area contributed by atoms with Crippen LogP contribution in [0, 0.1) is 5.92 Å². The number of hydrogen-bond donors (Lipinski definition) is 1. The maximum atomic E-state index is 9.99. The summed E-state index contributed by atoms with van der Waals surface area (Å²) in [5.74, 6) is 0.850. The summed E-state index contributed by atoms with van der Waals surface area (Å²) < 4.78 is 2.40. The van der Waals surface area contributed by atoms with E-state index in [1.54, 1.807) is 0 Å². The van der Waals surface area contributed by atoms with Crippen molar-refractivity contribution in [3.05, 3.63) is 36.0 Å². The van der Waals surface area contributed by atoms with Crippen LogP contribution in [-0.2, 0) is 13.0 Å². The number of fused-ring (bicyclic) bond motifs is 1. The summed E-state index contributed by atoms with van der Waals surface area (Å²) >= 11 is 0. The highest BCUT2D eigenvalue weighted by Gasteiger charge is 2.17. The predicted octanol–water partition coefficient (Wildman–Crippen LogP) is 4.14. The number of aromatic nitrogens is 1. The molecule has 3 rings (SSSR count). The lowest BCUT2D eigenvalue weighted by molar-refractivity contribution is 0.0810. The van der Waals surface area contributed by atoms with Crippen LogP contribution < -0.4 is 0 Å². The van der Waals surface area contributed by atoms with Gasteiger partial charge in [-0.05, 0) is 55.7 Å². The molecule has 2 aromatic rings. The van der Waals surface area contributed by atoms with E-state index in [-0.39, 0.29) is 0 Å². The maximum Gasteiger partial charge on any atom is 0.0631 e. The Balaban J connectivity index is 1.87. The first-order valence-corrected chi connectivity index (χ1v) is 7.81. The molecule has 0 bridgehead atoms. The van der Waals surface area contributed by atoms with Crippen LogP contribution in [0.3, 0.4) is 0 Å². The van der Waals surface area contributed by atoms with Gasteiger partial charge in [-0.25, -0.2) is 0 Å². The summed E-state index contributed by atoms with van der Waals surface area (Å²) in [5.41, 5.74) is 1.89. The van der Waals surface area contributed by atoms with Crippen LogP contribution >= 0.6 is 0 Å². The molecule has 1 fully saturated rings. The zero-order valence-electron chi connectivity index (χ0n) is 12.6. The summed E-state index contributed by atoms with van der Waals surface area (Å²) in [6, 6.07) is 8.78. The second-order valence-electron chi connectivity index (χ2n) is 7.00. The van der Waals surface area contributed by atoms with Crippen molar-refractivity contribution < 1.29 is 5.11 Å². The molecule has 1 heterocycles. The van der Waals surface area contributed by atoms with E-state index in [1.807, 2.05) is 13.8 Å². The number of hydrogen-bond acceptors (Lipinski definition) is 1. The van der Waals surface area contributed by atoms with Crippen molar-refractivity contribution in [2.24, 2.45) is 5.92 Å². The second kappa shape index (κ2) is 5.25. The molecule has 1 saturated carbocycles. The topological polar surface area (TPSA) is 25.2 Å². The summed E-state index contributed by atoms with van der Waals surface area (Å²) in [4.78, 5) is 0. The molecule has 0 amide bonds. The van der Waals surface area contributed by atoms with Gasteiger partial charge in [0, 0.05) is 24.7 Å². The van der Waals surface area contributed by atoms with Gasteiger partial charge in [0.1, 0.15) is 0 Å². The van der Waals surface area contributed by atoms with Gasteiger partial charge in [-0.15, -0.1) is 0 Å². The van der Waals surface area contributed by atoms with Gasteiger partial charge in [-0.1, -0.05) is 25.0 Å². The minimum atomic E-state index is -0.642. The van der Waals surface area contributed by atoms with Crippen molar-refractivity contribution in [2.75, 3.05) is 0 Å². The summed E-state index contributed by atoms with van der Waals surface area (Å²) in [6.45, 7) is 4.89. The van der Waals surface area contributed by atoms with Crippen molar-refractivity contribution in [1.82, 2.24) is 4.57 Å². The van der Waals surface area contributed by atoms with Crippen molar-refractivity contribution in [3.8, 4) is 0 Å². The normalized spacial score (nSPS) is 17.1. The predicted molar refractivity (Wildman–Crippen MR) is 83.9 cm³/mol. The Labute approximate surface area is 121 Å². The highest BCUT2D eigenvalue weighted by Crippen LogP contribution is 2.28. The van der Waals surface area contributed by atoms with Gasteiger partial charge in [-0.3, -0.25) is 0 Å². The average molecular weight is 271 g/mol. The highest BCUT2D eigenvalue weighted by molar-refractivity contribution is 5.80. The van der Waals surface area contributed by atoms with E-state index >= 15 is 0 Å². The van der Waals surface area contributed by atoms with Crippen molar-refractivity contribution >= 4 is 10.9 Å². The van der Waals surface area contributed by atoms with Crippen molar-refractivity contribution in [1.29, 1.82) is 0 Å². The van der Waals surface area contributed by atoms with Crippen LogP contribution in [-0.4, -0.2) is 15.3 Å². The summed E-state index contributed by atoms with van der Waals surface area (Å²) in [5, 5.41) is 11.3. The third-order valence-corrected chi connectivity index (χ3v) is 4.40. The van der Waals surface area contributed by atoms with Gasteiger partial charge < -0.3 is 9.67 Å². The Bertz CT molecular complexity index is 585. The fourth-order valence-corrected chi connectivity index (χ4v) is 3.47. The molecule has 1 aliphatic rings. The molecular formula is C18H25NO. The lowest BCUT2D eigenvalue weighted by Crippen LogP contribution is -2.21. The van der Waals surface area contributed by atoms with Gasteiger partial charge in [0.15, 0.2) is 0 Å². The van der Waals surface area contributed by atoms with E-state index in [0.29, 0.717) is 6.42 Å². The van der Waals surface area contributed by atoms with Gasteiger partial charge >= 0.3 is 0 Å².